The van der Waals surface area contributed by atoms with Gasteiger partial charge in [0, 0.05) is 38.3 Å². The minimum Gasteiger partial charge on any atom is -0.508 e. The van der Waals surface area contributed by atoms with Crippen molar-refractivity contribution < 1.29 is 5.11 Å². The molecule has 1 aromatic heterocycles. The predicted octanol–water partition coefficient (Wildman–Crippen LogP) is 2.46. The number of phenols is 1. The van der Waals surface area contributed by atoms with Crippen molar-refractivity contribution in [3.8, 4) is 17.1 Å². The van der Waals surface area contributed by atoms with Crippen molar-refractivity contribution in [1.82, 2.24) is 19.9 Å². The number of aryl methyl sites for hydroxylation is 1. The Morgan fingerprint density at radius 1 is 0.964 bits per heavy atom. The van der Waals surface area contributed by atoms with E-state index in [9.17, 15) is 5.11 Å². The number of hydrogen-bond donors (Lipinski definition) is 2. The van der Waals surface area contributed by atoms with Gasteiger partial charge in [0.2, 0.25) is 11.9 Å². The van der Waals surface area contributed by atoms with Crippen LogP contribution in [0, 0.1) is 6.92 Å². The largest absolute Gasteiger partial charge is 0.508 e. The third-order valence-electron chi connectivity index (χ3n) is 5.06. The first-order valence-electron chi connectivity index (χ1n) is 9.41. The summed E-state index contributed by atoms with van der Waals surface area (Å²) in [5, 5.41) is 9.71. The van der Waals surface area contributed by atoms with Crippen LogP contribution in [-0.2, 0) is 6.54 Å². The van der Waals surface area contributed by atoms with Gasteiger partial charge in [0.25, 0.3) is 0 Å². The Bertz CT molecular complexity index is 969. The molecule has 7 nitrogen and oxygen atoms in total. The van der Waals surface area contributed by atoms with Crippen molar-refractivity contribution in [2.45, 2.75) is 13.5 Å². The van der Waals surface area contributed by atoms with E-state index in [-0.39, 0.29) is 11.7 Å². The highest BCUT2D eigenvalue weighted by Crippen LogP contribution is 2.23. The van der Waals surface area contributed by atoms with Crippen LogP contribution in [-0.4, -0.2) is 51.1 Å². The number of aromatic hydroxyl groups is 1. The van der Waals surface area contributed by atoms with Gasteiger partial charge in [-0.1, -0.05) is 36.4 Å². The molecule has 1 saturated heterocycles. The fourth-order valence-electron chi connectivity index (χ4n) is 3.43. The van der Waals surface area contributed by atoms with E-state index in [1.807, 2.05) is 6.07 Å². The van der Waals surface area contributed by atoms with Gasteiger partial charge in [0.1, 0.15) is 5.75 Å². The van der Waals surface area contributed by atoms with Gasteiger partial charge >= 0.3 is 0 Å². The summed E-state index contributed by atoms with van der Waals surface area (Å²) in [5.41, 5.74) is 9.33. The first-order valence-corrected chi connectivity index (χ1v) is 9.41. The monoisotopic (exact) mass is 376 g/mol. The Labute approximate surface area is 164 Å². The molecule has 2 heterocycles. The summed E-state index contributed by atoms with van der Waals surface area (Å²) in [6, 6.07) is 15.4. The van der Waals surface area contributed by atoms with Crippen LogP contribution >= 0.6 is 0 Å². The summed E-state index contributed by atoms with van der Waals surface area (Å²) in [6.07, 6.45) is 0. The molecule has 0 saturated carbocycles. The van der Waals surface area contributed by atoms with Gasteiger partial charge in [-0.25, -0.2) is 0 Å². The standard InChI is InChI=1S/C21H24N6O/c1-15-5-2-3-6-17(15)14-26-9-11-27(12-10-26)21-24-19(23-20(22)25-21)16-7-4-8-18(28)13-16/h2-8,13,28H,9-12,14H2,1H3,(H2,22,23,24,25). The molecule has 28 heavy (non-hydrogen) atoms. The third-order valence-corrected chi connectivity index (χ3v) is 5.06. The molecule has 7 heteroatoms. The number of anilines is 2. The van der Waals surface area contributed by atoms with Gasteiger partial charge in [-0.2, -0.15) is 15.0 Å². The van der Waals surface area contributed by atoms with Crippen molar-refractivity contribution in [3.05, 3.63) is 59.7 Å². The zero-order valence-corrected chi connectivity index (χ0v) is 15.9. The Balaban J connectivity index is 1.47. The summed E-state index contributed by atoms with van der Waals surface area (Å²) >= 11 is 0. The van der Waals surface area contributed by atoms with Crippen LogP contribution in [0.3, 0.4) is 0 Å². The van der Waals surface area contributed by atoms with Gasteiger partial charge in [0.05, 0.1) is 0 Å². The van der Waals surface area contributed by atoms with E-state index in [4.69, 9.17) is 5.73 Å². The van der Waals surface area contributed by atoms with Crippen molar-refractivity contribution in [2.24, 2.45) is 0 Å². The molecule has 1 aliphatic heterocycles. The fraction of sp³-hybridized carbons (Fsp3) is 0.286. The normalized spacial score (nSPS) is 15.0. The van der Waals surface area contributed by atoms with Crippen molar-refractivity contribution in [3.63, 3.8) is 0 Å². The van der Waals surface area contributed by atoms with Gasteiger partial charge in [-0.3, -0.25) is 4.90 Å². The van der Waals surface area contributed by atoms with Crippen LogP contribution < -0.4 is 10.6 Å². The molecular formula is C21H24N6O. The summed E-state index contributed by atoms with van der Waals surface area (Å²) in [6.45, 7) is 6.63. The number of hydrogen-bond acceptors (Lipinski definition) is 7. The van der Waals surface area contributed by atoms with Gasteiger partial charge in [0.15, 0.2) is 5.82 Å². The second-order valence-corrected chi connectivity index (χ2v) is 7.06. The van der Waals surface area contributed by atoms with E-state index in [2.05, 4.69) is 55.9 Å². The van der Waals surface area contributed by atoms with Gasteiger partial charge in [-0.05, 0) is 30.2 Å². The SMILES string of the molecule is Cc1ccccc1CN1CCN(c2nc(N)nc(-c3cccc(O)c3)n2)CC1. The molecule has 0 aliphatic carbocycles. The van der Waals surface area contributed by atoms with E-state index in [0.29, 0.717) is 17.3 Å². The predicted molar refractivity (Wildman–Crippen MR) is 110 cm³/mol. The second kappa shape index (κ2) is 7.82. The molecule has 0 spiro atoms. The van der Waals surface area contributed by atoms with Crippen molar-refractivity contribution in [1.29, 1.82) is 0 Å². The van der Waals surface area contributed by atoms with Crippen LogP contribution in [0.2, 0.25) is 0 Å². The molecule has 0 atom stereocenters. The number of nitrogens with zero attached hydrogens (tertiary/aromatic N) is 5. The lowest BCUT2D eigenvalue weighted by atomic mass is 10.1. The number of piperazine rings is 1. The zero-order chi connectivity index (χ0) is 19.5. The lowest BCUT2D eigenvalue weighted by Crippen LogP contribution is -2.46. The maximum atomic E-state index is 9.71. The smallest absolute Gasteiger partial charge is 0.230 e. The first kappa shape index (κ1) is 18.2. The Kier molecular flexibility index (Phi) is 5.08. The van der Waals surface area contributed by atoms with Crippen LogP contribution in [0.5, 0.6) is 5.75 Å². The maximum absolute atomic E-state index is 9.71. The van der Waals surface area contributed by atoms with Gasteiger partial charge in [-0.15, -0.1) is 0 Å². The second-order valence-electron chi connectivity index (χ2n) is 7.06. The molecule has 3 aromatic rings. The highest BCUT2D eigenvalue weighted by Gasteiger charge is 2.21. The minimum absolute atomic E-state index is 0.169. The Hall–Kier alpha value is -3.19. The van der Waals surface area contributed by atoms with E-state index >= 15 is 0 Å². The Morgan fingerprint density at radius 2 is 1.75 bits per heavy atom. The van der Waals surface area contributed by atoms with E-state index in [1.165, 1.54) is 11.1 Å². The van der Waals surface area contributed by atoms with Gasteiger partial charge < -0.3 is 15.7 Å². The average Bonchev–Trinajstić information content (AvgIpc) is 2.70. The number of nitrogen functional groups attached to an aromatic ring is 1. The number of benzene rings is 2. The number of rotatable bonds is 4. The summed E-state index contributed by atoms with van der Waals surface area (Å²) < 4.78 is 0. The lowest BCUT2D eigenvalue weighted by Gasteiger charge is -2.35. The quantitative estimate of drug-likeness (QED) is 0.723. The first-order chi connectivity index (χ1) is 13.6. The molecule has 3 N–H and O–H groups in total. The number of nitrogens with two attached hydrogens (primary N) is 1. The van der Waals surface area contributed by atoms with Crippen LogP contribution in [0.15, 0.2) is 48.5 Å². The number of aromatic nitrogens is 3. The molecule has 1 fully saturated rings. The zero-order valence-electron chi connectivity index (χ0n) is 15.9. The summed E-state index contributed by atoms with van der Waals surface area (Å²) in [5.74, 6) is 1.41. The van der Waals surface area contributed by atoms with E-state index in [1.54, 1.807) is 18.2 Å². The minimum atomic E-state index is 0.169. The van der Waals surface area contributed by atoms with Crippen LogP contribution in [0.25, 0.3) is 11.4 Å². The van der Waals surface area contributed by atoms with E-state index in [0.717, 1.165) is 32.7 Å². The number of phenolic OH excluding ortho intramolecular Hbond substituents is 1. The van der Waals surface area contributed by atoms with Crippen molar-refractivity contribution >= 4 is 11.9 Å². The third kappa shape index (κ3) is 4.04. The summed E-state index contributed by atoms with van der Waals surface area (Å²) in [4.78, 5) is 17.7. The average molecular weight is 376 g/mol. The highest BCUT2D eigenvalue weighted by atomic mass is 16.3. The molecule has 0 bridgehead atoms. The highest BCUT2D eigenvalue weighted by molar-refractivity contribution is 5.59. The Morgan fingerprint density at radius 3 is 2.50 bits per heavy atom. The molecular weight excluding hydrogens is 352 g/mol. The molecule has 144 valence electrons. The molecule has 1 aliphatic rings. The maximum Gasteiger partial charge on any atom is 0.230 e. The van der Waals surface area contributed by atoms with Crippen LogP contribution in [0.1, 0.15) is 11.1 Å². The topological polar surface area (TPSA) is 91.4 Å². The fourth-order valence-corrected chi connectivity index (χ4v) is 3.43. The van der Waals surface area contributed by atoms with E-state index < -0.39 is 0 Å². The summed E-state index contributed by atoms with van der Waals surface area (Å²) in [7, 11) is 0. The lowest BCUT2D eigenvalue weighted by molar-refractivity contribution is 0.248. The molecule has 4 rings (SSSR count). The van der Waals surface area contributed by atoms with Crippen LogP contribution in [0.4, 0.5) is 11.9 Å². The van der Waals surface area contributed by atoms with Crippen molar-refractivity contribution in [2.75, 3.05) is 36.8 Å². The molecule has 0 amide bonds. The molecule has 2 aromatic carbocycles. The molecule has 0 radical (unpaired) electrons. The molecule has 0 unspecified atom stereocenters.